The molecule has 4 atom stereocenters. The third-order valence-electron chi connectivity index (χ3n) is 4.45. The second-order valence-corrected chi connectivity index (χ2v) is 6.48. The quantitative estimate of drug-likeness (QED) is 0.616. The summed E-state index contributed by atoms with van der Waals surface area (Å²) in [5.41, 5.74) is 0.618. The molecule has 1 heterocycles. The lowest BCUT2D eigenvalue weighted by Gasteiger charge is -2.17. The van der Waals surface area contributed by atoms with Gasteiger partial charge in [0.25, 0.3) is 0 Å². The van der Waals surface area contributed by atoms with E-state index in [9.17, 15) is 9.59 Å². The Labute approximate surface area is 135 Å². The summed E-state index contributed by atoms with van der Waals surface area (Å²) in [6, 6.07) is 9.05. The Bertz CT molecular complexity index is 595. The molecule has 1 aliphatic carbocycles. The molecule has 1 aliphatic heterocycles. The van der Waals surface area contributed by atoms with E-state index < -0.39 is 11.7 Å². The molecule has 0 aromatic heterocycles. The minimum absolute atomic E-state index is 0.0260. The largest absolute Gasteiger partial charge is 0.466 e. The highest BCUT2D eigenvalue weighted by molar-refractivity contribution is 6.03. The molecule has 1 aromatic rings. The first-order valence-electron chi connectivity index (χ1n) is 8.02. The number of carbonyl (C=O) groups excluding carboxylic acids is 2. The Hall–Kier alpha value is -1.72. The van der Waals surface area contributed by atoms with Crippen LogP contribution in [0.4, 0.5) is 0 Å². The van der Waals surface area contributed by atoms with E-state index in [1.807, 2.05) is 32.0 Å². The van der Waals surface area contributed by atoms with Gasteiger partial charge < -0.3 is 14.2 Å². The van der Waals surface area contributed by atoms with E-state index >= 15 is 0 Å². The van der Waals surface area contributed by atoms with Crippen molar-refractivity contribution in [2.45, 2.75) is 32.7 Å². The molecule has 23 heavy (non-hydrogen) atoms. The Morgan fingerprint density at radius 2 is 1.91 bits per heavy atom. The fraction of sp³-hybridized carbons (Fsp3) is 0.556. The normalized spacial score (nSPS) is 31.6. The molecule has 0 N–H and O–H groups in total. The molecule has 0 radical (unpaired) electrons. The van der Waals surface area contributed by atoms with E-state index in [1.165, 1.54) is 0 Å². The first kappa shape index (κ1) is 16.1. The van der Waals surface area contributed by atoms with Crippen molar-refractivity contribution >= 4 is 11.8 Å². The van der Waals surface area contributed by atoms with E-state index in [2.05, 4.69) is 0 Å². The zero-order chi connectivity index (χ0) is 16.6. The summed E-state index contributed by atoms with van der Waals surface area (Å²) in [6.45, 7) is 6.14. The van der Waals surface area contributed by atoms with Crippen LogP contribution in [0.2, 0.25) is 0 Å². The zero-order valence-corrected chi connectivity index (χ0v) is 13.7. The summed E-state index contributed by atoms with van der Waals surface area (Å²) in [5.74, 6) is -2.03. The lowest BCUT2D eigenvalue weighted by molar-refractivity contribution is -0.149. The van der Waals surface area contributed by atoms with Gasteiger partial charge in [-0.2, -0.15) is 0 Å². The molecule has 3 rings (SSSR count). The maximum atomic E-state index is 12.8. The van der Waals surface area contributed by atoms with Crippen LogP contribution in [-0.2, 0) is 19.0 Å². The fourth-order valence-electron chi connectivity index (χ4n) is 3.38. The van der Waals surface area contributed by atoms with Crippen molar-refractivity contribution < 1.29 is 23.8 Å². The number of rotatable bonds is 5. The summed E-state index contributed by atoms with van der Waals surface area (Å²) in [6.07, 6.45) is -0.253. The Kier molecular flexibility index (Phi) is 4.25. The van der Waals surface area contributed by atoms with Gasteiger partial charge in [-0.3, -0.25) is 9.59 Å². The van der Waals surface area contributed by atoms with Crippen LogP contribution in [0.25, 0.3) is 0 Å². The molecule has 5 nitrogen and oxygen atoms in total. The molecule has 1 saturated heterocycles. The SMILES string of the molecule is CCOC(=O)[C@@H]1[C@H](C(=O)c2ccccc2)[C@H]1[C@@H]1COC(C)(C)O1. The van der Waals surface area contributed by atoms with Crippen molar-refractivity contribution in [3.63, 3.8) is 0 Å². The predicted octanol–water partition coefficient (Wildman–Crippen LogP) is 2.45. The van der Waals surface area contributed by atoms with Crippen LogP contribution in [0.15, 0.2) is 30.3 Å². The van der Waals surface area contributed by atoms with Crippen molar-refractivity contribution in [2.24, 2.45) is 17.8 Å². The number of ether oxygens (including phenoxy) is 3. The van der Waals surface area contributed by atoms with Crippen molar-refractivity contribution in [1.29, 1.82) is 0 Å². The second-order valence-electron chi connectivity index (χ2n) is 6.48. The Morgan fingerprint density at radius 3 is 2.48 bits per heavy atom. The van der Waals surface area contributed by atoms with Crippen LogP contribution in [0.1, 0.15) is 31.1 Å². The monoisotopic (exact) mass is 318 g/mol. The molecule has 1 aromatic carbocycles. The molecule has 2 fully saturated rings. The van der Waals surface area contributed by atoms with Crippen LogP contribution in [0.3, 0.4) is 0 Å². The van der Waals surface area contributed by atoms with Crippen LogP contribution in [0.5, 0.6) is 0 Å². The lowest BCUT2D eigenvalue weighted by atomic mass is 10.0. The third-order valence-corrected chi connectivity index (χ3v) is 4.45. The summed E-state index contributed by atoms with van der Waals surface area (Å²) in [7, 11) is 0. The number of esters is 1. The second kappa shape index (κ2) is 6.06. The minimum atomic E-state index is -0.674. The maximum Gasteiger partial charge on any atom is 0.310 e. The molecular formula is C18H22O5. The van der Waals surface area contributed by atoms with Gasteiger partial charge in [-0.25, -0.2) is 0 Å². The highest BCUT2D eigenvalue weighted by Crippen LogP contribution is 2.53. The Balaban J connectivity index is 1.79. The summed E-state index contributed by atoms with van der Waals surface area (Å²) in [4.78, 5) is 25.0. The van der Waals surface area contributed by atoms with Crippen molar-refractivity contribution in [2.75, 3.05) is 13.2 Å². The van der Waals surface area contributed by atoms with Crippen molar-refractivity contribution in [1.82, 2.24) is 0 Å². The van der Waals surface area contributed by atoms with Crippen LogP contribution in [-0.4, -0.2) is 36.9 Å². The number of hydrogen-bond acceptors (Lipinski definition) is 5. The third kappa shape index (κ3) is 3.16. The smallest absolute Gasteiger partial charge is 0.310 e. The van der Waals surface area contributed by atoms with Crippen LogP contribution in [0, 0.1) is 17.8 Å². The number of hydrogen-bond donors (Lipinski definition) is 0. The number of ketones is 1. The molecule has 5 heteroatoms. The molecule has 0 unspecified atom stereocenters. The fourth-order valence-corrected chi connectivity index (χ4v) is 3.38. The van der Waals surface area contributed by atoms with E-state index in [1.54, 1.807) is 19.1 Å². The average molecular weight is 318 g/mol. The molecule has 2 aliphatic rings. The summed E-state index contributed by atoms with van der Waals surface area (Å²) >= 11 is 0. The zero-order valence-electron chi connectivity index (χ0n) is 13.7. The van der Waals surface area contributed by atoms with Gasteiger partial charge in [0.1, 0.15) is 0 Å². The maximum absolute atomic E-state index is 12.8. The van der Waals surface area contributed by atoms with Crippen molar-refractivity contribution in [3.8, 4) is 0 Å². The molecule has 0 spiro atoms. The van der Waals surface area contributed by atoms with E-state index in [-0.39, 0.29) is 29.7 Å². The molecular weight excluding hydrogens is 296 g/mol. The minimum Gasteiger partial charge on any atom is -0.466 e. The molecule has 124 valence electrons. The Morgan fingerprint density at radius 1 is 1.22 bits per heavy atom. The van der Waals surface area contributed by atoms with Gasteiger partial charge in [-0.05, 0) is 20.8 Å². The van der Waals surface area contributed by atoms with Gasteiger partial charge in [-0.1, -0.05) is 30.3 Å². The van der Waals surface area contributed by atoms with Gasteiger partial charge in [-0.15, -0.1) is 0 Å². The first-order valence-corrected chi connectivity index (χ1v) is 8.02. The molecule has 0 amide bonds. The predicted molar refractivity (Wildman–Crippen MR) is 82.8 cm³/mol. The van der Waals surface area contributed by atoms with Gasteiger partial charge in [0.05, 0.1) is 25.2 Å². The average Bonchev–Trinajstić information content (AvgIpc) is 3.17. The first-order chi connectivity index (χ1) is 10.9. The molecule has 0 bridgehead atoms. The van der Waals surface area contributed by atoms with Crippen molar-refractivity contribution in [3.05, 3.63) is 35.9 Å². The molecule has 1 saturated carbocycles. The highest BCUT2D eigenvalue weighted by Gasteiger charge is 2.64. The van der Waals surface area contributed by atoms with Gasteiger partial charge in [0.15, 0.2) is 11.6 Å². The topological polar surface area (TPSA) is 61.8 Å². The lowest BCUT2D eigenvalue weighted by Crippen LogP contribution is -2.24. The highest BCUT2D eigenvalue weighted by atomic mass is 16.7. The van der Waals surface area contributed by atoms with Crippen LogP contribution >= 0.6 is 0 Å². The van der Waals surface area contributed by atoms with Crippen LogP contribution < -0.4 is 0 Å². The number of benzene rings is 1. The summed E-state index contributed by atoms with van der Waals surface area (Å²) in [5, 5.41) is 0. The van der Waals surface area contributed by atoms with Gasteiger partial charge in [0.2, 0.25) is 0 Å². The number of Topliss-reactive ketones (excluding diaryl/α,β-unsaturated/α-hetero) is 1. The van der Waals surface area contributed by atoms with Gasteiger partial charge in [0, 0.05) is 17.4 Å². The van der Waals surface area contributed by atoms with Gasteiger partial charge >= 0.3 is 5.97 Å². The summed E-state index contributed by atoms with van der Waals surface area (Å²) < 4.78 is 16.6. The standard InChI is InChI=1S/C18H22O5/c1-4-21-17(20)15-13(12-10-22-18(2,3)23-12)14(15)16(19)11-8-6-5-7-9-11/h5-9,12-15H,4,10H2,1-3H3/t12-,13+,14+,15-/m0/s1. The van der Waals surface area contributed by atoms with E-state index in [0.29, 0.717) is 18.8 Å². The van der Waals surface area contributed by atoms with E-state index in [0.717, 1.165) is 0 Å². The number of carbonyl (C=O) groups is 2. The van der Waals surface area contributed by atoms with E-state index in [4.69, 9.17) is 14.2 Å².